The molecule has 6 heteroatoms. The van der Waals surface area contributed by atoms with Crippen LogP contribution in [0.2, 0.25) is 0 Å². The van der Waals surface area contributed by atoms with Gasteiger partial charge < -0.3 is 15.1 Å². The van der Waals surface area contributed by atoms with Gasteiger partial charge in [0.2, 0.25) is 5.91 Å². The highest BCUT2D eigenvalue weighted by atomic mass is 16.4. The SMILES string of the molecule is CCCCN(C)C(=O)CN(CCO)CCC(=O)O. The van der Waals surface area contributed by atoms with Crippen LogP contribution in [-0.4, -0.2) is 71.7 Å². The van der Waals surface area contributed by atoms with Gasteiger partial charge in [-0.25, -0.2) is 0 Å². The van der Waals surface area contributed by atoms with Gasteiger partial charge in [0.05, 0.1) is 19.6 Å². The fraction of sp³-hybridized carbons (Fsp3) is 0.833. The molecule has 18 heavy (non-hydrogen) atoms. The molecule has 2 N–H and O–H groups in total. The lowest BCUT2D eigenvalue weighted by molar-refractivity contribution is -0.138. The molecule has 0 radical (unpaired) electrons. The number of hydrogen-bond acceptors (Lipinski definition) is 4. The van der Waals surface area contributed by atoms with E-state index >= 15 is 0 Å². The predicted molar refractivity (Wildman–Crippen MR) is 68.3 cm³/mol. The second-order valence-corrected chi connectivity index (χ2v) is 4.31. The number of likely N-dealkylation sites (N-methyl/N-ethyl adjacent to an activating group) is 1. The van der Waals surface area contributed by atoms with E-state index in [0.717, 1.165) is 12.8 Å². The summed E-state index contributed by atoms with van der Waals surface area (Å²) in [6, 6.07) is 0. The lowest BCUT2D eigenvalue weighted by Crippen LogP contribution is -2.40. The summed E-state index contributed by atoms with van der Waals surface area (Å²) in [5.41, 5.74) is 0. The van der Waals surface area contributed by atoms with Crippen molar-refractivity contribution in [3.8, 4) is 0 Å². The minimum atomic E-state index is -0.898. The summed E-state index contributed by atoms with van der Waals surface area (Å²) in [5, 5.41) is 17.5. The Morgan fingerprint density at radius 3 is 2.33 bits per heavy atom. The van der Waals surface area contributed by atoms with Gasteiger partial charge in [0, 0.05) is 26.7 Å². The minimum absolute atomic E-state index is 0.0219. The first kappa shape index (κ1) is 16.9. The maximum Gasteiger partial charge on any atom is 0.304 e. The second-order valence-electron chi connectivity index (χ2n) is 4.31. The zero-order valence-corrected chi connectivity index (χ0v) is 11.3. The van der Waals surface area contributed by atoms with Gasteiger partial charge in [0.15, 0.2) is 0 Å². The summed E-state index contributed by atoms with van der Waals surface area (Å²) in [5.74, 6) is -0.938. The molecule has 0 heterocycles. The highest BCUT2D eigenvalue weighted by molar-refractivity contribution is 5.78. The Morgan fingerprint density at radius 2 is 1.83 bits per heavy atom. The van der Waals surface area contributed by atoms with E-state index in [4.69, 9.17) is 10.2 Å². The van der Waals surface area contributed by atoms with Crippen molar-refractivity contribution in [3.63, 3.8) is 0 Å². The van der Waals surface area contributed by atoms with Crippen molar-refractivity contribution in [1.29, 1.82) is 0 Å². The molecule has 0 aliphatic heterocycles. The van der Waals surface area contributed by atoms with E-state index in [9.17, 15) is 9.59 Å². The van der Waals surface area contributed by atoms with Crippen LogP contribution in [0.5, 0.6) is 0 Å². The number of hydrogen-bond donors (Lipinski definition) is 2. The average Bonchev–Trinajstić information content (AvgIpc) is 2.33. The van der Waals surface area contributed by atoms with Crippen LogP contribution in [0.3, 0.4) is 0 Å². The summed E-state index contributed by atoms with van der Waals surface area (Å²) in [4.78, 5) is 25.6. The molecule has 6 nitrogen and oxygen atoms in total. The lowest BCUT2D eigenvalue weighted by atomic mass is 10.3. The summed E-state index contributed by atoms with van der Waals surface area (Å²) in [6.45, 7) is 3.45. The Morgan fingerprint density at radius 1 is 1.17 bits per heavy atom. The van der Waals surface area contributed by atoms with Crippen molar-refractivity contribution in [2.45, 2.75) is 26.2 Å². The number of aliphatic carboxylic acids is 1. The molecule has 0 aliphatic rings. The number of amides is 1. The molecule has 0 bridgehead atoms. The van der Waals surface area contributed by atoms with Crippen molar-refractivity contribution in [3.05, 3.63) is 0 Å². The molecule has 106 valence electrons. The zero-order chi connectivity index (χ0) is 14.0. The summed E-state index contributed by atoms with van der Waals surface area (Å²) < 4.78 is 0. The molecule has 1 amide bonds. The van der Waals surface area contributed by atoms with Gasteiger partial charge in [0.25, 0.3) is 0 Å². The monoisotopic (exact) mass is 260 g/mol. The van der Waals surface area contributed by atoms with Crippen LogP contribution in [0.25, 0.3) is 0 Å². The first-order chi connectivity index (χ1) is 8.51. The van der Waals surface area contributed by atoms with Crippen LogP contribution < -0.4 is 0 Å². The number of carboxylic acids is 1. The van der Waals surface area contributed by atoms with E-state index in [2.05, 4.69) is 6.92 Å². The topological polar surface area (TPSA) is 81.1 Å². The van der Waals surface area contributed by atoms with Crippen molar-refractivity contribution in [1.82, 2.24) is 9.80 Å². The van der Waals surface area contributed by atoms with Crippen LogP contribution in [0.4, 0.5) is 0 Å². The van der Waals surface area contributed by atoms with Crippen LogP contribution in [0.1, 0.15) is 26.2 Å². The Hall–Kier alpha value is -1.14. The van der Waals surface area contributed by atoms with Gasteiger partial charge in [-0.1, -0.05) is 13.3 Å². The Bertz CT molecular complexity index is 258. The summed E-state index contributed by atoms with van der Waals surface area (Å²) >= 11 is 0. The number of unbranched alkanes of at least 4 members (excludes halogenated alkanes) is 1. The number of carbonyl (C=O) groups is 2. The standard InChI is InChI=1S/C12H24N2O4/c1-3-4-6-13(2)11(16)10-14(8-9-15)7-5-12(17)18/h15H,3-10H2,1-2H3,(H,17,18). The molecule has 0 saturated carbocycles. The fourth-order valence-corrected chi connectivity index (χ4v) is 1.50. The summed E-state index contributed by atoms with van der Waals surface area (Å²) in [6.07, 6.45) is 1.96. The van der Waals surface area contributed by atoms with Crippen LogP contribution in [0, 0.1) is 0 Å². The Labute approximate surface area is 108 Å². The number of carbonyl (C=O) groups excluding carboxylic acids is 1. The fourth-order valence-electron chi connectivity index (χ4n) is 1.50. The van der Waals surface area contributed by atoms with Crippen LogP contribution >= 0.6 is 0 Å². The molecule has 0 atom stereocenters. The Balaban J connectivity index is 4.12. The van der Waals surface area contributed by atoms with E-state index in [-0.39, 0.29) is 32.0 Å². The quantitative estimate of drug-likeness (QED) is 0.578. The van der Waals surface area contributed by atoms with Gasteiger partial charge in [-0.2, -0.15) is 0 Å². The lowest BCUT2D eigenvalue weighted by Gasteiger charge is -2.23. The largest absolute Gasteiger partial charge is 0.481 e. The van der Waals surface area contributed by atoms with Gasteiger partial charge in [0.1, 0.15) is 0 Å². The van der Waals surface area contributed by atoms with E-state index in [1.165, 1.54) is 0 Å². The Kier molecular flexibility index (Phi) is 9.22. The molecular formula is C12H24N2O4. The molecule has 0 aromatic rings. The molecule has 0 aliphatic carbocycles. The van der Waals surface area contributed by atoms with Crippen molar-refractivity contribution in [2.24, 2.45) is 0 Å². The first-order valence-electron chi connectivity index (χ1n) is 6.30. The predicted octanol–water partition coefficient (Wildman–Crippen LogP) is 0.0139. The van der Waals surface area contributed by atoms with E-state index < -0.39 is 5.97 Å². The molecule has 0 unspecified atom stereocenters. The number of rotatable bonds is 10. The van der Waals surface area contributed by atoms with E-state index in [0.29, 0.717) is 13.1 Å². The van der Waals surface area contributed by atoms with Crippen molar-refractivity contribution < 1.29 is 19.8 Å². The number of aliphatic hydroxyl groups excluding tert-OH is 1. The maximum atomic E-state index is 11.8. The third-order valence-corrected chi connectivity index (χ3v) is 2.69. The average molecular weight is 260 g/mol. The second kappa shape index (κ2) is 9.85. The van der Waals surface area contributed by atoms with Gasteiger partial charge in [-0.15, -0.1) is 0 Å². The molecule has 0 aromatic heterocycles. The third kappa shape index (κ3) is 8.03. The third-order valence-electron chi connectivity index (χ3n) is 2.69. The van der Waals surface area contributed by atoms with E-state index in [1.54, 1.807) is 16.8 Å². The molecule has 0 aromatic carbocycles. The van der Waals surface area contributed by atoms with Crippen LogP contribution in [-0.2, 0) is 9.59 Å². The molecule has 0 fully saturated rings. The molecule has 0 spiro atoms. The van der Waals surface area contributed by atoms with Crippen molar-refractivity contribution >= 4 is 11.9 Å². The number of carboxylic acid groups (broad SMARTS) is 1. The highest BCUT2D eigenvalue weighted by Gasteiger charge is 2.14. The maximum absolute atomic E-state index is 11.8. The zero-order valence-electron chi connectivity index (χ0n) is 11.3. The van der Waals surface area contributed by atoms with Gasteiger partial charge in [-0.3, -0.25) is 14.5 Å². The highest BCUT2D eigenvalue weighted by Crippen LogP contribution is 1.97. The number of nitrogens with zero attached hydrogens (tertiary/aromatic N) is 2. The first-order valence-corrected chi connectivity index (χ1v) is 6.30. The van der Waals surface area contributed by atoms with Gasteiger partial charge in [-0.05, 0) is 6.42 Å². The van der Waals surface area contributed by atoms with Crippen molar-refractivity contribution in [2.75, 3.05) is 39.8 Å². The van der Waals surface area contributed by atoms with Crippen LogP contribution in [0.15, 0.2) is 0 Å². The van der Waals surface area contributed by atoms with Gasteiger partial charge >= 0.3 is 5.97 Å². The molecule has 0 saturated heterocycles. The molecule has 0 rings (SSSR count). The normalized spacial score (nSPS) is 10.7. The molecular weight excluding hydrogens is 236 g/mol. The number of aliphatic hydroxyl groups is 1. The minimum Gasteiger partial charge on any atom is -0.481 e. The smallest absolute Gasteiger partial charge is 0.304 e. The summed E-state index contributed by atoms with van der Waals surface area (Å²) in [7, 11) is 1.74. The van der Waals surface area contributed by atoms with E-state index in [1.807, 2.05) is 0 Å².